The minimum Gasteiger partial charge on any atom is -0.489 e. The molecular formula is C14H19Cl2NO3. The van der Waals surface area contributed by atoms with Crippen molar-refractivity contribution in [1.29, 1.82) is 0 Å². The lowest BCUT2D eigenvalue weighted by Gasteiger charge is -2.14. The maximum absolute atomic E-state index is 11.4. The van der Waals surface area contributed by atoms with Crippen LogP contribution < -0.4 is 10.1 Å². The predicted octanol–water partition coefficient (Wildman–Crippen LogP) is 2.61. The van der Waals surface area contributed by atoms with Crippen LogP contribution in [-0.4, -0.2) is 31.8 Å². The summed E-state index contributed by atoms with van der Waals surface area (Å²) in [5.74, 6) is 0.551. The van der Waals surface area contributed by atoms with Crippen LogP contribution in [0, 0.1) is 0 Å². The Labute approximate surface area is 130 Å². The third-order valence-corrected chi connectivity index (χ3v) is 3.65. The summed E-state index contributed by atoms with van der Waals surface area (Å²) in [4.78, 5) is 11.4. The molecule has 112 valence electrons. The molecule has 0 radical (unpaired) electrons. The smallest absolute Gasteiger partial charge is 0.323 e. The van der Waals surface area contributed by atoms with Crippen molar-refractivity contribution in [3.8, 4) is 5.75 Å². The maximum atomic E-state index is 11.4. The van der Waals surface area contributed by atoms with Gasteiger partial charge in [0.1, 0.15) is 17.9 Å². The summed E-state index contributed by atoms with van der Waals surface area (Å²) in [5, 5.41) is 3.85. The number of carbonyl (C=O) groups excluding carboxylic acids is 1. The second-order valence-electron chi connectivity index (χ2n) is 4.57. The van der Waals surface area contributed by atoms with Gasteiger partial charge in [0.15, 0.2) is 0 Å². The van der Waals surface area contributed by atoms with Crippen LogP contribution in [0.2, 0.25) is 5.02 Å². The third-order valence-electron chi connectivity index (χ3n) is 3.28. The Hall–Kier alpha value is -0.970. The van der Waals surface area contributed by atoms with Gasteiger partial charge in [0.25, 0.3) is 0 Å². The van der Waals surface area contributed by atoms with Gasteiger partial charge >= 0.3 is 5.97 Å². The van der Waals surface area contributed by atoms with Crippen LogP contribution in [0.25, 0.3) is 0 Å². The molecule has 0 saturated carbocycles. The first-order valence-electron chi connectivity index (χ1n) is 6.40. The number of hydrogen-bond acceptors (Lipinski definition) is 4. The number of carbonyl (C=O) groups is 1. The fraction of sp³-hybridized carbons (Fsp3) is 0.500. The summed E-state index contributed by atoms with van der Waals surface area (Å²) in [5.41, 5.74) is 1.06. The zero-order valence-corrected chi connectivity index (χ0v) is 13.1. The van der Waals surface area contributed by atoms with E-state index in [1.54, 1.807) is 0 Å². The highest BCUT2D eigenvalue weighted by molar-refractivity contribution is 6.31. The Kier molecular flexibility index (Phi) is 6.59. The van der Waals surface area contributed by atoms with Crippen molar-refractivity contribution in [2.45, 2.75) is 31.9 Å². The number of aryl methyl sites for hydroxylation is 1. The molecule has 1 aromatic rings. The van der Waals surface area contributed by atoms with E-state index in [1.165, 1.54) is 7.11 Å². The minimum absolute atomic E-state index is 0. The van der Waals surface area contributed by atoms with Crippen molar-refractivity contribution in [2.75, 3.05) is 13.7 Å². The van der Waals surface area contributed by atoms with E-state index in [9.17, 15) is 4.79 Å². The van der Waals surface area contributed by atoms with Gasteiger partial charge in [-0.3, -0.25) is 4.79 Å². The molecule has 2 rings (SSSR count). The largest absolute Gasteiger partial charge is 0.489 e. The van der Waals surface area contributed by atoms with Crippen LogP contribution >= 0.6 is 24.0 Å². The number of halogens is 2. The van der Waals surface area contributed by atoms with Crippen LogP contribution in [0.4, 0.5) is 0 Å². The van der Waals surface area contributed by atoms with Gasteiger partial charge < -0.3 is 14.8 Å². The van der Waals surface area contributed by atoms with Crippen LogP contribution in [0.3, 0.4) is 0 Å². The zero-order chi connectivity index (χ0) is 13.8. The van der Waals surface area contributed by atoms with Crippen molar-refractivity contribution in [3.63, 3.8) is 0 Å². The fourth-order valence-electron chi connectivity index (χ4n) is 2.20. The molecule has 0 bridgehead atoms. The molecule has 0 spiro atoms. The second kappa shape index (κ2) is 7.72. The molecular weight excluding hydrogens is 301 g/mol. The Morgan fingerprint density at radius 3 is 2.90 bits per heavy atom. The molecule has 1 fully saturated rings. The van der Waals surface area contributed by atoms with E-state index in [1.807, 2.05) is 18.2 Å². The van der Waals surface area contributed by atoms with E-state index in [0.29, 0.717) is 13.0 Å². The number of nitrogens with one attached hydrogen (secondary N) is 1. The van der Waals surface area contributed by atoms with Gasteiger partial charge in [-0.15, -0.1) is 12.4 Å². The summed E-state index contributed by atoms with van der Waals surface area (Å²) in [7, 11) is 1.39. The van der Waals surface area contributed by atoms with Crippen LogP contribution in [-0.2, 0) is 16.0 Å². The van der Waals surface area contributed by atoms with E-state index in [2.05, 4.69) is 12.2 Å². The second-order valence-corrected chi connectivity index (χ2v) is 4.97. The van der Waals surface area contributed by atoms with E-state index in [-0.39, 0.29) is 30.5 Å². The highest BCUT2D eigenvalue weighted by Crippen LogP contribution is 2.24. The molecule has 1 N–H and O–H groups in total. The lowest BCUT2D eigenvalue weighted by Crippen LogP contribution is -2.31. The lowest BCUT2D eigenvalue weighted by atomic mass is 10.1. The average Bonchev–Trinajstić information content (AvgIpc) is 2.88. The lowest BCUT2D eigenvalue weighted by molar-refractivity contribution is -0.142. The minimum atomic E-state index is -0.270. The third kappa shape index (κ3) is 4.01. The Morgan fingerprint density at radius 1 is 1.50 bits per heavy atom. The highest BCUT2D eigenvalue weighted by Gasteiger charge is 2.31. The van der Waals surface area contributed by atoms with Crippen LogP contribution in [0.15, 0.2) is 18.2 Å². The van der Waals surface area contributed by atoms with Gasteiger partial charge in [0, 0.05) is 18.0 Å². The molecule has 1 saturated heterocycles. The molecule has 1 heterocycles. The van der Waals surface area contributed by atoms with Crippen molar-refractivity contribution < 1.29 is 14.3 Å². The highest BCUT2D eigenvalue weighted by atomic mass is 35.5. The molecule has 20 heavy (non-hydrogen) atoms. The zero-order valence-electron chi connectivity index (χ0n) is 11.5. The molecule has 2 atom stereocenters. The summed E-state index contributed by atoms with van der Waals surface area (Å²) in [6, 6.07) is 5.38. The summed E-state index contributed by atoms with van der Waals surface area (Å²) in [6.45, 7) is 2.69. The van der Waals surface area contributed by atoms with Gasteiger partial charge in [-0.05, 0) is 30.2 Å². The van der Waals surface area contributed by atoms with Crippen molar-refractivity contribution in [1.82, 2.24) is 5.32 Å². The van der Waals surface area contributed by atoms with Gasteiger partial charge in [-0.25, -0.2) is 0 Å². The monoisotopic (exact) mass is 319 g/mol. The first-order valence-corrected chi connectivity index (χ1v) is 6.78. The van der Waals surface area contributed by atoms with Gasteiger partial charge in [-0.1, -0.05) is 18.5 Å². The van der Waals surface area contributed by atoms with Crippen molar-refractivity contribution in [2.24, 2.45) is 0 Å². The quantitative estimate of drug-likeness (QED) is 0.867. The maximum Gasteiger partial charge on any atom is 0.323 e. The summed E-state index contributed by atoms with van der Waals surface area (Å²) < 4.78 is 10.6. The normalized spacial score (nSPS) is 21.1. The number of esters is 1. The van der Waals surface area contributed by atoms with E-state index < -0.39 is 0 Å². The molecule has 4 nitrogen and oxygen atoms in total. The van der Waals surface area contributed by atoms with Gasteiger partial charge in [0.05, 0.1) is 7.11 Å². The standard InChI is InChI=1S/C14H18ClNO3.ClH/c1-3-9-6-10(4-5-12(9)15)19-11-7-13(16-8-11)14(17)18-2;/h4-6,11,13,16H,3,7-8H2,1-2H3;1H/t11-,13+;/m1./s1. The van der Waals surface area contributed by atoms with Crippen molar-refractivity contribution in [3.05, 3.63) is 28.8 Å². The molecule has 1 aliphatic heterocycles. The van der Waals surface area contributed by atoms with Crippen LogP contribution in [0.1, 0.15) is 18.9 Å². The first kappa shape index (κ1) is 17.1. The average molecular weight is 320 g/mol. The molecule has 0 aliphatic carbocycles. The number of hydrogen-bond donors (Lipinski definition) is 1. The van der Waals surface area contributed by atoms with Crippen LogP contribution in [0.5, 0.6) is 5.75 Å². The predicted molar refractivity (Wildman–Crippen MR) is 80.9 cm³/mol. The van der Waals surface area contributed by atoms with E-state index in [4.69, 9.17) is 21.1 Å². The van der Waals surface area contributed by atoms with E-state index in [0.717, 1.165) is 22.8 Å². The molecule has 6 heteroatoms. The van der Waals surface area contributed by atoms with Crippen molar-refractivity contribution >= 4 is 30.0 Å². The molecule has 0 unspecified atom stereocenters. The number of rotatable bonds is 4. The fourth-order valence-corrected chi connectivity index (χ4v) is 2.45. The van der Waals surface area contributed by atoms with E-state index >= 15 is 0 Å². The Balaban J connectivity index is 0.00000200. The number of ether oxygens (including phenoxy) is 2. The Morgan fingerprint density at radius 2 is 2.25 bits per heavy atom. The van der Waals surface area contributed by atoms with Gasteiger partial charge in [0.2, 0.25) is 0 Å². The SMILES string of the molecule is CCc1cc(O[C@H]2CN[C@H](C(=O)OC)C2)ccc1Cl.Cl. The first-order chi connectivity index (χ1) is 9.13. The molecule has 0 amide bonds. The van der Waals surface area contributed by atoms with Gasteiger partial charge in [-0.2, -0.15) is 0 Å². The number of methoxy groups -OCH3 is 1. The number of benzene rings is 1. The Bertz CT molecular complexity index is 468. The molecule has 1 aromatic carbocycles. The summed E-state index contributed by atoms with van der Waals surface area (Å²) >= 11 is 6.07. The molecule has 1 aliphatic rings. The topological polar surface area (TPSA) is 47.6 Å². The summed E-state index contributed by atoms with van der Waals surface area (Å²) in [6.07, 6.45) is 1.47. The molecule has 0 aromatic heterocycles.